The van der Waals surface area contributed by atoms with E-state index >= 15 is 0 Å². The van der Waals surface area contributed by atoms with Gasteiger partial charge in [-0.05, 0) is 42.7 Å². The van der Waals surface area contributed by atoms with E-state index in [0.717, 1.165) is 23.3 Å². The lowest BCUT2D eigenvalue weighted by Gasteiger charge is -2.27. The number of aromatic nitrogens is 1. The minimum atomic E-state index is 0.768. The molecule has 0 aliphatic heterocycles. The highest BCUT2D eigenvalue weighted by Crippen LogP contribution is 2.45. The number of allylic oxidation sites excluding steroid dienone is 2. The molecule has 0 saturated heterocycles. The molecule has 1 atom stereocenters. The van der Waals surface area contributed by atoms with Gasteiger partial charge in [-0.3, -0.25) is 4.98 Å². The van der Waals surface area contributed by atoms with Gasteiger partial charge < -0.3 is 0 Å². The molecule has 1 unspecified atom stereocenters. The first kappa shape index (κ1) is 11.3. The monoisotopic (exact) mass is 247 g/mol. The fourth-order valence-corrected chi connectivity index (χ4v) is 3.31. The molecule has 2 aliphatic carbocycles. The normalized spacial score (nSPS) is 22.9. The molecule has 0 N–H and O–H groups in total. The first-order valence-electron chi connectivity index (χ1n) is 6.51. The molecule has 17 heavy (non-hydrogen) atoms. The molecule has 0 fully saturated rings. The second-order valence-corrected chi connectivity index (χ2v) is 6.09. The van der Waals surface area contributed by atoms with Crippen molar-refractivity contribution < 1.29 is 0 Å². The summed E-state index contributed by atoms with van der Waals surface area (Å²) >= 11 is 6.07. The van der Waals surface area contributed by atoms with E-state index in [1.54, 1.807) is 17.3 Å². The predicted octanol–water partition coefficient (Wildman–Crippen LogP) is 4.50. The summed E-state index contributed by atoms with van der Waals surface area (Å²) in [5.41, 5.74) is 5.74. The van der Waals surface area contributed by atoms with Crippen LogP contribution in [0.25, 0.3) is 5.57 Å². The Morgan fingerprint density at radius 1 is 1.41 bits per heavy atom. The van der Waals surface area contributed by atoms with Gasteiger partial charge in [-0.25, -0.2) is 0 Å². The average Bonchev–Trinajstić information content (AvgIpc) is 2.66. The lowest BCUT2D eigenvalue weighted by molar-refractivity contribution is 0.357. The maximum atomic E-state index is 6.07. The van der Waals surface area contributed by atoms with Crippen molar-refractivity contribution in [1.29, 1.82) is 0 Å². The fraction of sp³-hybridized carbons (Fsp3) is 0.533. The van der Waals surface area contributed by atoms with Crippen LogP contribution in [0.15, 0.2) is 17.8 Å². The molecule has 0 radical (unpaired) electrons. The maximum Gasteiger partial charge on any atom is 0.0595 e. The largest absolute Gasteiger partial charge is 0.259 e. The summed E-state index contributed by atoms with van der Waals surface area (Å²) < 4.78 is 0. The third kappa shape index (κ3) is 1.91. The smallest absolute Gasteiger partial charge is 0.0595 e. The highest BCUT2D eigenvalue weighted by atomic mass is 35.5. The Bertz CT molecular complexity index is 488. The van der Waals surface area contributed by atoms with Gasteiger partial charge in [-0.15, -0.1) is 0 Å². The fourth-order valence-electron chi connectivity index (χ4n) is 3.16. The standard InChI is InChI=1S/C15H18ClN/c1-9(2)10-3-4-11-6-15-14(13(11)5-10)7-12(16)8-17-15/h7-10H,3-6H2,1-2H3. The van der Waals surface area contributed by atoms with Gasteiger partial charge in [0.1, 0.15) is 0 Å². The van der Waals surface area contributed by atoms with E-state index in [4.69, 9.17) is 11.6 Å². The lowest BCUT2D eigenvalue weighted by atomic mass is 9.78. The second-order valence-electron chi connectivity index (χ2n) is 5.65. The van der Waals surface area contributed by atoms with Crippen molar-refractivity contribution in [3.05, 3.63) is 34.1 Å². The summed E-state index contributed by atoms with van der Waals surface area (Å²) in [6, 6.07) is 2.11. The second kappa shape index (κ2) is 4.13. The van der Waals surface area contributed by atoms with E-state index in [-0.39, 0.29) is 0 Å². The van der Waals surface area contributed by atoms with Crippen LogP contribution < -0.4 is 0 Å². The molecular formula is C15H18ClN. The molecule has 0 aromatic carbocycles. The van der Waals surface area contributed by atoms with Crippen LogP contribution in [0.2, 0.25) is 5.02 Å². The SMILES string of the molecule is CC(C)C1CCC2=C(C1)c1cc(Cl)cnc1C2. The molecule has 0 saturated carbocycles. The summed E-state index contributed by atoms with van der Waals surface area (Å²) in [5.74, 6) is 1.61. The molecular weight excluding hydrogens is 230 g/mol. The van der Waals surface area contributed by atoms with Gasteiger partial charge in [0.15, 0.2) is 0 Å². The van der Waals surface area contributed by atoms with Gasteiger partial charge in [0.25, 0.3) is 0 Å². The van der Waals surface area contributed by atoms with E-state index in [1.807, 2.05) is 0 Å². The van der Waals surface area contributed by atoms with Gasteiger partial charge in [0.2, 0.25) is 0 Å². The quantitative estimate of drug-likeness (QED) is 0.712. The minimum Gasteiger partial charge on any atom is -0.259 e. The summed E-state index contributed by atoms with van der Waals surface area (Å²) in [4.78, 5) is 4.48. The zero-order chi connectivity index (χ0) is 12.0. The first-order chi connectivity index (χ1) is 8.15. The molecule has 3 rings (SSSR count). The molecule has 90 valence electrons. The number of nitrogens with zero attached hydrogens (tertiary/aromatic N) is 1. The molecule has 0 spiro atoms. The van der Waals surface area contributed by atoms with E-state index in [9.17, 15) is 0 Å². The molecule has 1 nitrogen and oxygen atoms in total. The van der Waals surface area contributed by atoms with Gasteiger partial charge in [-0.2, -0.15) is 0 Å². The van der Waals surface area contributed by atoms with Crippen molar-refractivity contribution in [2.24, 2.45) is 11.8 Å². The lowest BCUT2D eigenvalue weighted by Crippen LogP contribution is -2.13. The summed E-state index contributed by atoms with van der Waals surface area (Å²) in [5, 5.41) is 0.768. The Morgan fingerprint density at radius 3 is 3.00 bits per heavy atom. The van der Waals surface area contributed by atoms with E-state index in [0.29, 0.717) is 0 Å². The summed E-state index contributed by atoms with van der Waals surface area (Å²) in [6.07, 6.45) is 6.66. The van der Waals surface area contributed by atoms with E-state index in [1.165, 1.54) is 30.5 Å². The van der Waals surface area contributed by atoms with Crippen LogP contribution in [-0.4, -0.2) is 4.98 Å². The van der Waals surface area contributed by atoms with Crippen LogP contribution in [0.4, 0.5) is 0 Å². The third-order valence-corrected chi connectivity index (χ3v) is 4.50. The van der Waals surface area contributed by atoms with Crippen molar-refractivity contribution in [2.75, 3.05) is 0 Å². The van der Waals surface area contributed by atoms with Crippen LogP contribution >= 0.6 is 11.6 Å². The van der Waals surface area contributed by atoms with Crippen molar-refractivity contribution in [2.45, 2.75) is 39.5 Å². The number of halogens is 1. The highest BCUT2D eigenvalue weighted by molar-refractivity contribution is 6.30. The van der Waals surface area contributed by atoms with Gasteiger partial charge in [0.05, 0.1) is 10.7 Å². The predicted molar refractivity (Wildman–Crippen MR) is 72.1 cm³/mol. The van der Waals surface area contributed by atoms with Crippen LogP contribution in [0.3, 0.4) is 0 Å². The zero-order valence-electron chi connectivity index (χ0n) is 10.5. The summed E-state index contributed by atoms with van der Waals surface area (Å²) in [6.45, 7) is 4.67. The van der Waals surface area contributed by atoms with Crippen LogP contribution in [0.1, 0.15) is 44.4 Å². The Labute approximate surface area is 108 Å². The molecule has 2 aliphatic rings. The number of pyridine rings is 1. The topological polar surface area (TPSA) is 12.9 Å². The van der Waals surface area contributed by atoms with Crippen molar-refractivity contribution >= 4 is 17.2 Å². The van der Waals surface area contributed by atoms with Gasteiger partial charge in [-0.1, -0.05) is 31.0 Å². The molecule has 1 heterocycles. The van der Waals surface area contributed by atoms with Gasteiger partial charge in [0, 0.05) is 18.2 Å². The Kier molecular flexibility index (Phi) is 2.74. The van der Waals surface area contributed by atoms with Crippen LogP contribution in [0.5, 0.6) is 0 Å². The van der Waals surface area contributed by atoms with E-state index < -0.39 is 0 Å². The number of hydrogen-bond acceptors (Lipinski definition) is 1. The summed E-state index contributed by atoms with van der Waals surface area (Å²) in [7, 11) is 0. The minimum absolute atomic E-state index is 0.768. The highest BCUT2D eigenvalue weighted by Gasteiger charge is 2.30. The zero-order valence-corrected chi connectivity index (χ0v) is 11.2. The van der Waals surface area contributed by atoms with Crippen molar-refractivity contribution in [3.8, 4) is 0 Å². The van der Waals surface area contributed by atoms with Crippen LogP contribution in [0, 0.1) is 11.8 Å². The molecule has 2 heteroatoms. The Hall–Kier alpha value is -0.820. The number of hydrogen-bond donors (Lipinski definition) is 0. The molecule has 0 amide bonds. The third-order valence-electron chi connectivity index (χ3n) is 4.30. The number of rotatable bonds is 1. The Balaban J connectivity index is 1.97. The Morgan fingerprint density at radius 2 is 2.24 bits per heavy atom. The molecule has 1 aromatic rings. The first-order valence-corrected chi connectivity index (χ1v) is 6.88. The van der Waals surface area contributed by atoms with Crippen LogP contribution in [-0.2, 0) is 6.42 Å². The molecule has 0 bridgehead atoms. The average molecular weight is 248 g/mol. The molecule has 1 aromatic heterocycles. The number of fused-ring (bicyclic) bond motifs is 2. The van der Waals surface area contributed by atoms with Crippen molar-refractivity contribution in [3.63, 3.8) is 0 Å². The van der Waals surface area contributed by atoms with Gasteiger partial charge >= 0.3 is 0 Å². The maximum absolute atomic E-state index is 6.07. The van der Waals surface area contributed by atoms with E-state index in [2.05, 4.69) is 24.9 Å². The van der Waals surface area contributed by atoms with Crippen molar-refractivity contribution in [1.82, 2.24) is 4.98 Å².